The van der Waals surface area contributed by atoms with Gasteiger partial charge in [0, 0.05) is 18.3 Å². The minimum atomic E-state index is -0.00741. The van der Waals surface area contributed by atoms with Crippen molar-refractivity contribution in [2.24, 2.45) is 7.05 Å². The zero-order chi connectivity index (χ0) is 14.7. The molecular formula is C17H18N2O. The number of hydrogen-bond donors (Lipinski definition) is 0. The molecule has 0 unspecified atom stereocenters. The van der Waals surface area contributed by atoms with Gasteiger partial charge in [-0.15, -0.1) is 0 Å². The molecule has 3 heteroatoms. The Morgan fingerprint density at radius 2 is 1.85 bits per heavy atom. The molecule has 1 aromatic heterocycles. The topological polar surface area (TPSA) is 45.8 Å². The smallest absolute Gasteiger partial charge is 0.209 e. The molecule has 2 aromatic rings. The van der Waals surface area contributed by atoms with E-state index < -0.39 is 0 Å². The zero-order valence-electron chi connectivity index (χ0n) is 12.1. The first-order chi connectivity index (χ1) is 9.54. The normalized spacial score (nSPS) is 10.6. The first-order valence-electron chi connectivity index (χ1n) is 6.70. The maximum absolute atomic E-state index is 12.5. The Bertz CT molecular complexity index is 657. The van der Waals surface area contributed by atoms with Gasteiger partial charge < -0.3 is 4.57 Å². The summed E-state index contributed by atoms with van der Waals surface area (Å²) in [6.45, 7) is 4.25. The molecule has 0 radical (unpaired) electrons. The summed E-state index contributed by atoms with van der Waals surface area (Å²) in [4.78, 5) is 12.5. The summed E-state index contributed by atoms with van der Waals surface area (Å²) in [6, 6.07) is 13.5. The number of nitriles is 1. The number of aromatic nitrogens is 1. The van der Waals surface area contributed by atoms with Crippen LogP contribution < -0.4 is 0 Å². The minimum Gasteiger partial charge on any atom is -0.344 e. The second-order valence-corrected chi connectivity index (χ2v) is 5.21. The van der Waals surface area contributed by atoms with Crippen molar-refractivity contribution in [3.63, 3.8) is 0 Å². The van der Waals surface area contributed by atoms with E-state index in [0.717, 1.165) is 5.69 Å². The Balaban J connectivity index is 2.30. The first kappa shape index (κ1) is 14.1. The van der Waals surface area contributed by atoms with Gasteiger partial charge in [0.2, 0.25) is 5.78 Å². The molecule has 0 spiro atoms. The van der Waals surface area contributed by atoms with Crippen LogP contribution in [0.15, 0.2) is 36.4 Å². The Labute approximate surface area is 119 Å². The maximum Gasteiger partial charge on any atom is 0.209 e. The van der Waals surface area contributed by atoms with Crippen molar-refractivity contribution in [1.29, 1.82) is 5.26 Å². The lowest BCUT2D eigenvalue weighted by atomic mass is 10.00. The molecule has 1 heterocycles. The molecule has 0 aliphatic rings. The van der Waals surface area contributed by atoms with E-state index in [0.29, 0.717) is 23.6 Å². The molecule has 2 rings (SSSR count). The monoisotopic (exact) mass is 266 g/mol. The van der Waals surface area contributed by atoms with Gasteiger partial charge in [-0.2, -0.15) is 5.26 Å². The number of carbonyl (C=O) groups excluding carboxylic acids is 1. The maximum atomic E-state index is 12.5. The molecule has 0 saturated heterocycles. The van der Waals surface area contributed by atoms with Gasteiger partial charge in [-0.1, -0.05) is 38.1 Å². The molecule has 0 amide bonds. The van der Waals surface area contributed by atoms with Gasteiger partial charge in [0.15, 0.2) is 0 Å². The highest BCUT2D eigenvalue weighted by atomic mass is 16.1. The Kier molecular flexibility index (Phi) is 4.05. The van der Waals surface area contributed by atoms with Crippen LogP contribution in [0.1, 0.15) is 47.1 Å². The predicted octanol–water partition coefficient (Wildman–Crippen LogP) is 3.45. The van der Waals surface area contributed by atoms with Gasteiger partial charge in [-0.05, 0) is 23.6 Å². The SMILES string of the molecule is CC(C)c1ccc(C(=O)c2ccc(CC#N)n2C)cc1. The Hall–Kier alpha value is -2.34. The van der Waals surface area contributed by atoms with Gasteiger partial charge in [-0.25, -0.2) is 0 Å². The van der Waals surface area contributed by atoms with E-state index in [1.54, 1.807) is 10.6 Å². The highest BCUT2D eigenvalue weighted by Crippen LogP contribution is 2.18. The van der Waals surface area contributed by atoms with Crippen LogP contribution in [-0.2, 0) is 13.5 Å². The standard InChI is InChI=1S/C17H18N2O/c1-12(2)13-4-6-14(7-5-13)17(20)16-9-8-15(10-11-18)19(16)3/h4-9,12H,10H2,1-3H3. The molecule has 0 N–H and O–H groups in total. The van der Waals surface area contributed by atoms with Crippen molar-refractivity contribution in [2.75, 3.05) is 0 Å². The number of nitrogens with zero attached hydrogens (tertiary/aromatic N) is 2. The molecule has 102 valence electrons. The van der Waals surface area contributed by atoms with Crippen LogP contribution in [0.25, 0.3) is 0 Å². The average Bonchev–Trinajstić information content (AvgIpc) is 2.80. The van der Waals surface area contributed by atoms with Gasteiger partial charge >= 0.3 is 0 Å². The molecule has 0 aliphatic heterocycles. The fraction of sp³-hybridized carbons (Fsp3) is 0.294. The summed E-state index contributed by atoms with van der Waals surface area (Å²) in [5.41, 5.74) is 3.37. The van der Waals surface area contributed by atoms with E-state index in [1.165, 1.54) is 5.56 Å². The van der Waals surface area contributed by atoms with Crippen molar-refractivity contribution in [2.45, 2.75) is 26.2 Å². The number of hydrogen-bond acceptors (Lipinski definition) is 2. The van der Waals surface area contributed by atoms with Crippen LogP contribution in [0.4, 0.5) is 0 Å². The number of rotatable bonds is 4. The summed E-state index contributed by atoms with van der Waals surface area (Å²) in [6.07, 6.45) is 0.316. The molecule has 1 aromatic carbocycles. The molecule has 3 nitrogen and oxygen atoms in total. The molecular weight excluding hydrogens is 248 g/mol. The van der Waals surface area contributed by atoms with Crippen molar-refractivity contribution in [1.82, 2.24) is 4.57 Å². The molecule has 20 heavy (non-hydrogen) atoms. The summed E-state index contributed by atoms with van der Waals surface area (Å²) in [5.74, 6) is 0.448. The van der Waals surface area contributed by atoms with Crippen molar-refractivity contribution < 1.29 is 4.79 Å². The number of carbonyl (C=O) groups is 1. The minimum absolute atomic E-state index is 0.00741. The molecule has 0 bridgehead atoms. The lowest BCUT2D eigenvalue weighted by molar-refractivity contribution is 0.103. The molecule has 0 aliphatic carbocycles. The van der Waals surface area contributed by atoms with Gasteiger partial charge in [0.05, 0.1) is 18.2 Å². The summed E-state index contributed by atoms with van der Waals surface area (Å²) in [5, 5.41) is 8.74. The summed E-state index contributed by atoms with van der Waals surface area (Å²) >= 11 is 0. The Morgan fingerprint density at radius 3 is 2.40 bits per heavy atom. The van der Waals surface area contributed by atoms with Crippen molar-refractivity contribution in [3.05, 3.63) is 58.9 Å². The third-order valence-corrected chi connectivity index (χ3v) is 3.56. The predicted molar refractivity (Wildman–Crippen MR) is 78.7 cm³/mol. The van der Waals surface area contributed by atoms with E-state index in [9.17, 15) is 4.79 Å². The van der Waals surface area contributed by atoms with Crippen LogP contribution in [-0.4, -0.2) is 10.4 Å². The van der Waals surface area contributed by atoms with Crippen LogP contribution in [0.2, 0.25) is 0 Å². The van der Waals surface area contributed by atoms with Crippen LogP contribution in [0.3, 0.4) is 0 Å². The third kappa shape index (κ3) is 2.65. The van der Waals surface area contributed by atoms with Gasteiger partial charge in [0.1, 0.15) is 0 Å². The second-order valence-electron chi connectivity index (χ2n) is 5.21. The summed E-state index contributed by atoms with van der Waals surface area (Å²) < 4.78 is 1.79. The molecule has 0 fully saturated rings. The van der Waals surface area contributed by atoms with E-state index in [2.05, 4.69) is 19.9 Å². The van der Waals surface area contributed by atoms with E-state index in [1.807, 2.05) is 37.4 Å². The van der Waals surface area contributed by atoms with E-state index in [-0.39, 0.29) is 5.78 Å². The van der Waals surface area contributed by atoms with Crippen molar-refractivity contribution >= 4 is 5.78 Å². The van der Waals surface area contributed by atoms with E-state index >= 15 is 0 Å². The average molecular weight is 266 g/mol. The Morgan fingerprint density at radius 1 is 1.20 bits per heavy atom. The van der Waals surface area contributed by atoms with Gasteiger partial charge in [0.25, 0.3) is 0 Å². The van der Waals surface area contributed by atoms with E-state index in [4.69, 9.17) is 5.26 Å². The van der Waals surface area contributed by atoms with Crippen molar-refractivity contribution in [3.8, 4) is 6.07 Å². The fourth-order valence-electron chi connectivity index (χ4n) is 2.21. The number of ketones is 1. The molecule has 0 atom stereocenters. The highest BCUT2D eigenvalue weighted by Gasteiger charge is 2.14. The molecule has 0 saturated carbocycles. The summed E-state index contributed by atoms with van der Waals surface area (Å²) in [7, 11) is 1.82. The first-order valence-corrected chi connectivity index (χ1v) is 6.70. The second kappa shape index (κ2) is 5.75. The third-order valence-electron chi connectivity index (χ3n) is 3.56. The number of benzene rings is 1. The lowest BCUT2D eigenvalue weighted by Gasteiger charge is -2.08. The quantitative estimate of drug-likeness (QED) is 0.796. The lowest BCUT2D eigenvalue weighted by Crippen LogP contribution is -2.09. The van der Waals surface area contributed by atoms with Crippen LogP contribution >= 0.6 is 0 Å². The largest absolute Gasteiger partial charge is 0.344 e. The van der Waals surface area contributed by atoms with Crippen LogP contribution in [0.5, 0.6) is 0 Å². The van der Waals surface area contributed by atoms with Gasteiger partial charge in [-0.3, -0.25) is 4.79 Å². The zero-order valence-corrected chi connectivity index (χ0v) is 12.1. The highest BCUT2D eigenvalue weighted by molar-refractivity contribution is 6.08. The van der Waals surface area contributed by atoms with Crippen LogP contribution in [0, 0.1) is 11.3 Å². The fourth-order valence-corrected chi connectivity index (χ4v) is 2.21.